The highest BCUT2D eigenvalue weighted by atomic mass is 16.1. The van der Waals surface area contributed by atoms with Crippen LogP contribution < -0.4 is 11.1 Å². The number of anilines is 1. The van der Waals surface area contributed by atoms with E-state index in [-0.39, 0.29) is 12.5 Å². The highest BCUT2D eigenvalue weighted by Gasteiger charge is 2.18. The molecule has 2 rings (SSSR count). The minimum absolute atomic E-state index is 0.0787. The van der Waals surface area contributed by atoms with E-state index in [1.165, 1.54) is 0 Å². The maximum Gasteiger partial charge on any atom is 0.240 e. The first-order chi connectivity index (χ1) is 8.58. The fourth-order valence-electron chi connectivity index (χ4n) is 2.01. The summed E-state index contributed by atoms with van der Waals surface area (Å²) < 4.78 is 3.51. The van der Waals surface area contributed by atoms with Crippen LogP contribution in [0, 0.1) is 6.92 Å². The largest absolute Gasteiger partial charge is 0.369 e. The van der Waals surface area contributed by atoms with Crippen molar-refractivity contribution in [3.8, 4) is 0 Å². The van der Waals surface area contributed by atoms with Gasteiger partial charge in [0.2, 0.25) is 11.9 Å². The smallest absolute Gasteiger partial charge is 0.240 e. The molecule has 0 saturated carbocycles. The van der Waals surface area contributed by atoms with Gasteiger partial charge in [-0.2, -0.15) is 5.10 Å². The van der Waals surface area contributed by atoms with Crippen LogP contribution in [0.4, 0.5) is 5.95 Å². The van der Waals surface area contributed by atoms with Gasteiger partial charge in [-0.25, -0.2) is 9.67 Å². The Morgan fingerprint density at radius 1 is 1.44 bits per heavy atom. The number of rotatable bonds is 4. The molecule has 0 aliphatic rings. The number of nitrogens with two attached hydrogens (primary N) is 1. The molecule has 0 atom stereocenters. The zero-order valence-corrected chi connectivity index (χ0v) is 10.9. The fourth-order valence-corrected chi connectivity index (χ4v) is 2.01. The zero-order valence-electron chi connectivity index (χ0n) is 10.9. The van der Waals surface area contributed by atoms with Gasteiger partial charge in [0.1, 0.15) is 12.1 Å². The van der Waals surface area contributed by atoms with Crippen molar-refractivity contribution in [2.45, 2.75) is 33.9 Å². The van der Waals surface area contributed by atoms with Gasteiger partial charge < -0.3 is 11.1 Å². The average molecular weight is 250 g/mol. The molecule has 0 fully saturated rings. The molecule has 7 heteroatoms. The number of hydrogen-bond donors (Lipinski definition) is 2. The number of nitrogen functional groups attached to an aromatic ring is 1. The van der Waals surface area contributed by atoms with Gasteiger partial charge in [-0.1, -0.05) is 0 Å². The molecular formula is C11H18N6O. The van der Waals surface area contributed by atoms with Crippen LogP contribution in [0.2, 0.25) is 0 Å². The Bertz CT molecular complexity index is 582. The summed E-state index contributed by atoms with van der Waals surface area (Å²) in [6.45, 7) is 7.24. The van der Waals surface area contributed by atoms with E-state index in [9.17, 15) is 4.79 Å². The predicted octanol–water partition coefficient (Wildman–Crippen LogP) is 0.279. The Morgan fingerprint density at radius 2 is 2.17 bits per heavy atom. The van der Waals surface area contributed by atoms with Crippen LogP contribution in [0.1, 0.15) is 19.5 Å². The first kappa shape index (κ1) is 12.4. The first-order valence-electron chi connectivity index (χ1n) is 6.04. The van der Waals surface area contributed by atoms with Crippen LogP contribution in [-0.4, -0.2) is 31.8 Å². The molecule has 0 aromatic carbocycles. The van der Waals surface area contributed by atoms with Gasteiger partial charge in [0.05, 0.1) is 5.69 Å². The lowest BCUT2D eigenvalue weighted by Crippen LogP contribution is -2.28. The summed E-state index contributed by atoms with van der Waals surface area (Å²) in [5.74, 6) is 0.268. The van der Waals surface area contributed by atoms with Gasteiger partial charge >= 0.3 is 0 Å². The molecule has 0 radical (unpaired) electrons. The number of likely N-dealkylation sites (N-methyl/N-ethyl adjacent to an activating group) is 1. The van der Waals surface area contributed by atoms with Crippen molar-refractivity contribution in [2.24, 2.45) is 0 Å². The lowest BCUT2D eigenvalue weighted by molar-refractivity contribution is -0.121. The summed E-state index contributed by atoms with van der Waals surface area (Å²) in [5.41, 5.74) is 8.26. The number of imidazole rings is 1. The molecule has 2 aromatic rings. The zero-order chi connectivity index (χ0) is 13.3. The standard InChI is InChI=1S/C11H18N6O/c1-4-13-8(18)6-16-10-9(14-11(16)12)7(3)15-17(10)5-2/h4-6H2,1-3H3,(H2,12,14)(H,13,18). The third kappa shape index (κ3) is 1.92. The minimum Gasteiger partial charge on any atom is -0.369 e. The van der Waals surface area contributed by atoms with Gasteiger partial charge in [0.15, 0.2) is 5.65 Å². The maximum absolute atomic E-state index is 11.7. The molecule has 1 amide bonds. The number of fused-ring (bicyclic) bond motifs is 1. The lowest BCUT2D eigenvalue weighted by Gasteiger charge is -2.07. The van der Waals surface area contributed by atoms with Gasteiger partial charge in [0.25, 0.3) is 0 Å². The minimum atomic E-state index is -0.0787. The van der Waals surface area contributed by atoms with E-state index >= 15 is 0 Å². The van der Waals surface area contributed by atoms with E-state index in [1.807, 2.05) is 25.5 Å². The predicted molar refractivity (Wildman–Crippen MR) is 69.0 cm³/mol. The summed E-state index contributed by atoms with van der Waals surface area (Å²) >= 11 is 0. The maximum atomic E-state index is 11.7. The van der Waals surface area contributed by atoms with E-state index in [4.69, 9.17) is 5.73 Å². The van der Waals surface area contributed by atoms with Crippen molar-refractivity contribution in [1.82, 2.24) is 24.6 Å². The Labute approximate surface area is 105 Å². The van der Waals surface area contributed by atoms with Crippen molar-refractivity contribution in [3.05, 3.63) is 5.69 Å². The van der Waals surface area contributed by atoms with Crippen molar-refractivity contribution in [1.29, 1.82) is 0 Å². The number of carbonyl (C=O) groups is 1. The van der Waals surface area contributed by atoms with Crippen LogP contribution in [0.3, 0.4) is 0 Å². The summed E-state index contributed by atoms with van der Waals surface area (Å²) in [4.78, 5) is 15.9. The van der Waals surface area contributed by atoms with Gasteiger partial charge in [-0.3, -0.25) is 9.36 Å². The Kier molecular flexibility index (Phi) is 3.22. The van der Waals surface area contributed by atoms with E-state index in [1.54, 1.807) is 4.57 Å². The Balaban J connectivity index is 2.48. The molecule has 18 heavy (non-hydrogen) atoms. The quantitative estimate of drug-likeness (QED) is 0.815. The van der Waals surface area contributed by atoms with Crippen LogP contribution in [0.15, 0.2) is 0 Å². The highest BCUT2D eigenvalue weighted by molar-refractivity contribution is 5.82. The van der Waals surface area contributed by atoms with E-state index in [2.05, 4.69) is 15.4 Å². The van der Waals surface area contributed by atoms with Crippen LogP contribution in [0.5, 0.6) is 0 Å². The monoisotopic (exact) mass is 250 g/mol. The Morgan fingerprint density at radius 3 is 2.78 bits per heavy atom. The number of aromatic nitrogens is 4. The lowest BCUT2D eigenvalue weighted by atomic mass is 10.4. The molecule has 2 heterocycles. The highest BCUT2D eigenvalue weighted by Crippen LogP contribution is 2.20. The van der Waals surface area contributed by atoms with E-state index in [0.29, 0.717) is 19.0 Å². The SMILES string of the molecule is CCNC(=O)Cn1c(N)nc2c(C)nn(CC)c21. The van der Waals surface area contributed by atoms with E-state index < -0.39 is 0 Å². The van der Waals surface area contributed by atoms with Gasteiger partial charge in [-0.15, -0.1) is 0 Å². The molecule has 3 N–H and O–H groups in total. The number of hydrogen-bond acceptors (Lipinski definition) is 4. The molecular weight excluding hydrogens is 232 g/mol. The normalized spacial score (nSPS) is 11.1. The van der Waals surface area contributed by atoms with Crippen molar-refractivity contribution in [2.75, 3.05) is 12.3 Å². The molecule has 2 aromatic heterocycles. The number of aryl methyl sites for hydroxylation is 2. The number of amides is 1. The summed E-state index contributed by atoms with van der Waals surface area (Å²) in [5, 5.41) is 7.12. The number of nitrogens with one attached hydrogen (secondary N) is 1. The molecule has 7 nitrogen and oxygen atoms in total. The second-order valence-corrected chi connectivity index (χ2v) is 4.08. The number of nitrogens with zero attached hydrogens (tertiary/aromatic N) is 4. The van der Waals surface area contributed by atoms with E-state index in [0.717, 1.165) is 16.9 Å². The van der Waals surface area contributed by atoms with Crippen LogP contribution in [0.25, 0.3) is 11.2 Å². The third-order valence-corrected chi connectivity index (χ3v) is 2.80. The summed E-state index contributed by atoms with van der Waals surface area (Å²) in [6.07, 6.45) is 0. The van der Waals surface area contributed by atoms with Crippen molar-refractivity contribution in [3.63, 3.8) is 0 Å². The van der Waals surface area contributed by atoms with Crippen LogP contribution in [-0.2, 0) is 17.9 Å². The molecule has 98 valence electrons. The molecule has 0 bridgehead atoms. The first-order valence-corrected chi connectivity index (χ1v) is 6.04. The second kappa shape index (κ2) is 4.67. The summed E-state index contributed by atoms with van der Waals surface area (Å²) in [7, 11) is 0. The molecule has 0 aliphatic heterocycles. The van der Waals surface area contributed by atoms with Crippen molar-refractivity contribution >= 4 is 23.0 Å². The second-order valence-electron chi connectivity index (χ2n) is 4.08. The molecule has 0 unspecified atom stereocenters. The number of carbonyl (C=O) groups excluding carboxylic acids is 1. The molecule has 0 saturated heterocycles. The van der Waals surface area contributed by atoms with Gasteiger partial charge in [0, 0.05) is 13.1 Å². The molecule has 0 aliphatic carbocycles. The fraction of sp³-hybridized carbons (Fsp3) is 0.545. The summed E-state index contributed by atoms with van der Waals surface area (Å²) in [6, 6.07) is 0. The Hall–Kier alpha value is -2.05. The molecule has 0 spiro atoms. The van der Waals surface area contributed by atoms with Crippen molar-refractivity contribution < 1.29 is 4.79 Å². The van der Waals surface area contributed by atoms with Crippen LogP contribution >= 0.6 is 0 Å². The topological polar surface area (TPSA) is 90.8 Å². The van der Waals surface area contributed by atoms with Gasteiger partial charge in [-0.05, 0) is 20.8 Å². The average Bonchev–Trinajstić information content (AvgIpc) is 2.79. The third-order valence-electron chi connectivity index (χ3n) is 2.80.